The molecular formula is C18H21ClN2O3S. The average molecular weight is 381 g/mol. The maximum absolute atomic E-state index is 12.5. The number of nitrogens with one attached hydrogen (secondary N) is 2. The van der Waals surface area contributed by atoms with E-state index in [1.165, 1.54) is 12.1 Å². The summed E-state index contributed by atoms with van der Waals surface area (Å²) in [7, 11) is -3.67. The Balaban J connectivity index is 2.26. The lowest BCUT2D eigenvalue weighted by molar-refractivity contribution is 0.102. The van der Waals surface area contributed by atoms with Crippen LogP contribution in [-0.4, -0.2) is 20.4 Å². The van der Waals surface area contributed by atoms with Crippen LogP contribution in [0.2, 0.25) is 5.02 Å². The predicted molar refractivity (Wildman–Crippen MR) is 101 cm³/mol. The van der Waals surface area contributed by atoms with Gasteiger partial charge in [-0.1, -0.05) is 30.7 Å². The summed E-state index contributed by atoms with van der Waals surface area (Å²) in [6.07, 6.45) is 0.674. The summed E-state index contributed by atoms with van der Waals surface area (Å²) >= 11 is 5.95. The first kappa shape index (κ1) is 19.4. The number of sulfonamides is 1. The third kappa shape index (κ3) is 5.04. The van der Waals surface area contributed by atoms with Gasteiger partial charge in [0.05, 0.1) is 4.90 Å². The van der Waals surface area contributed by atoms with E-state index in [2.05, 4.69) is 10.0 Å². The molecule has 0 aliphatic carbocycles. The Kier molecular flexibility index (Phi) is 6.21. The van der Waals surface area contributed by atoms with Crippen molar-refractivity contribution in [2.45, 2.75) is 38.1 Å². The summed E-state index contributed by atoms with van der Waals surface area (Å²) in [5.41, 5.74) is 1.70. The SMILES string of the molecule is CCC(C)NS(=O)(=O)c1cccc(C(=O)Nc2cc(Cl)ccc2C)c1. The summed E-state index contributed by atoms with van der Waals surface area (Å²) in [6, 6.07) is 10.9. The Bertz CT molecular complexity index is 882. The zero-order valence-electron chi connectivity index (χ0n) is 14.3. The molecule has 0 spiro atoms. The number of carbonyl (C=O) groups excluding carboxylic acids is 1. The molecule has 1 unspecified atom stereocenters. The first-order valence-electron chi connectivity index (χ1n) is 7.93. The standard InChI is InChI=1S/C18H21ClN2O3S/c1-4-13(3)21-25(23,24)16-7-5-6-14(10-16)18(22)20-17-11-15(19)9-8-12(17)2/h5-11,13,21H,4H2,1-3H3,(H,20,22). The van der Waals surface area contributed by atoms with Crippen molar-refractivity contribution in [3.63, 3.8) is 0 Å². The molecule has 0 saturated heterocycles. The normalized spacial score (nSPS) is 12.6. The zero-order chi connectivity index (χ0) is 18.6. The number of halogens is 1. The van der Waals surface area contributed by atoms with Crippen LogP contribution in [0.5, 0.6) is 0 Å². The largest absolute Gasteiger partial charge is 0.322 e. The molecule has 0 radical (unpaired) electrons. The first-order chi connectivity index (χ1) is 11.7. The highest BCUT2D eigenvalue weighted by Gasteiger charge is 2.18. The van der Waals surface area contributed by atoms with Crippen molar-refractivity contribution in [1.82, 2.24) is 4.72 Å². The molecule has 0 aliphatic rings. The molecule has 0 aromatic heterocycles. The molecule has 25 heavy (non-hydrogen) atoms. The van der Waals surface area contributed by atoms with Crippen LogP contribution in [0.25, 0.3) is 0 Å². The number of amides is 1. The molecule has 2 rings (SSSR count). The van der Waals surface area contributed by atoms with E-state index in [4.69, 9.17) is 11.6 Å². The molecule has 1 amide bonds. The molecule has 7 heteroatoms. The second kappa shape index (κ2) is 7.99. The van der Waals surface area contributed by atoms with E-state index in [9.17, 15) is 13.2 Å². The van der Waals surface area contributed by atoms with Gasteiger partial charge in [0.1, 0.15) is 0 Å². The Hall–Kier alpha value is -1.89. The van der Waals surface area contributed by atoms with Gasteiger partial charge in [0.2, 0.25) is 10.0 Å². The van der Waals surface area contributed by atoms with Crippen LogP contribution in [0.1, 0.15) is 36.2 Å². The van der Waals surface area contributed by atoms with Crippen molar-refractivity contribution >= 4 is 33.2 Å². The van der Waals surface area contributed by atoms with Crippen molar-refractivity contribution in [1.29, 1.82) is 0 Å². The second-order valence-electron chi connectivity index (χ2n) is 5.87. The van der Waals surface area contributed by atoms with Gasteiger partial charge in [0, 0.05) is 22.3 Å². The van der Waals surface area contributed by atoms with Gasteiger partial charge in [0.25, 0.3) is 5.91 Å². The number of rotatable bonds is 6. The molecule has 0 fully saturated rings. The highest BCUT2D eigenvalue weighted by molar-refractivity contribution is 7.89. The second-order valence-corrected chi connectivity index (χ2v) is 8.02. The fourth-order valence-electron chi connectivity index (χ4n) is 2.14. The monoisotopic (exact) mass is 380 g/mol. The minimum atomic E-state index is -3.67. The van der Waals surface area contributed by atoms with Gasteiger partial charge in [-0.25, -0.2) is 13.1 Å². The Morgan fingerprint density at radius 3 is 2.60 bits per heavy atom. The minimum absolute atomic E-state index is 0.0586. The fourth-order valence-corrected chi connectivity index (χ4v) is 3.69. The summed E-state index contributed by atoms with van der Waals surface area (Å²) < 4.78 is 27.3. The summed E-state index contributed by atoms with van der Waals surface area (Å²) in [5, 5.41) is 3.27. The fraction of sp³-hybridized carbons (Fsp3) is 0.278. The average Bonchev–Trinajstić information content (AvgIpc) is 2.57. The van der Waals surface area contributed by atoms with E-state index >= 15 is 0 Å². The molecule has 0 aliphatic heterocycles. The Labute approximate surface area is 153 Å². The molecular weight excluding hydrogens is 360 g/mol. The Morgan fingerprint density at radius 2 is 1.92 bits per heavy atom. The quantitative estimate of drug-likeness (QED) is 0.795. The molecule has 0 bridgehead atoms. The van der Waals surface area contributed by atoms with E-state index in [-0.39, 0.29) is 16.5 Å². The molecule has 1 atom stereocenters. The number of aryl methyl sites for hydroxylation is 1. The van der Waals surface area contributed by atoms with Crippen LogP contribution >= 0.6 is 11.6 Å². The first-order valence-corrected chi connectivity index (χ1v) is 9.79. The Morgan fingerprint density at radius 1 is 1.20 bits per heavy atom. The maximum Gasteiger partial charge on any atom is 0.255 e. The van der Waals surface area contributed by atoms with Crippen LogP contribution in [0.15, 0.2) is 47.4 Å². The van der Waals surface area contributed by atoms with Crippen molar-refractivity contribution in [2.24, 2.45) is 0 Å². The van der Waals surface area contributed by atoms with Gasteiger partial charge in [-0.05, 0) is 56.2 Å². The van der Waals surface area contributed by atoms with Crippen LogP contribution in [-0.2, 0) is 10.0 Å². The molecule has 2 N–H and O–H groups in total. The highest BCUT2D eigenvalue weighted by Crippen LogP contribution is 2.21. The topological polar surface area (TPSA) is 75.3 Å². The van der Waals surface area contributed by atoms with E-state index < -0.39 is 15.9 Å². The van der Waals surface area contributed by atoms with Crippen LogP contribution in [0.4, 0.5) is 5.69 Å². The number of carbonyl (C=O) groups is 1. The molecule has 2 aromatic rings. The molecule has 2 aromatic carbocycles. The zero-order valence-corrected chi connectivity index (χ0v) is 15.9. The summed E-state index contributed by atoms with van der Waals surface area (Å²) in [6.45, 7) is 5.53. The van der Waals surface area contributed by atoms with Gasteiger partial charge in [-0.2, -0.15) is 0 Å². The van der Waals surface area contributed by atoms with E-state index in [0.29, 0.717) is 17.1 Å². The summed E-state index contributed by atoms with van der Waals surface area (Å²) in [5.74, 6) is -0.397. The lowest BCUT2D eigenvalue weighted by atomic mass is 10.1. The molecule has 0 saturated carbocycles. The van der Waals surface area contributed by atoms with Crippen LogP contribution in [0, 0.1) is 6.92 Å². The highest BCUT2D eigenvalue weighted by atomic mass is 35.5. The lowest BCUT2D eigenvalue weighted by Gasteiger charge is -2.13. The maximum atomic E-state index is 12.5. The van der Waals surface area contributed by atoms with E-state index in [1.807, 2.05) is 13.8 Å². The molecule has 0 heterocycles. The van der Waals surface area contributed by atoms with E-state index in [0.717, 1.165) is 5.56 Å². The predicted octanol–water partition coefficient (Wildman–Crippen LogP) is 3.98. The third-order valence-electron chi connectivity index (χ3n) is 3.82. The number of hydrogen-bond donors (Lipinski definition) is 2. The van der Waals surface area contributed by atoms with Gasteiger partial charge < -0.3 is 5.32 Å². The van der Waals surface area contributed by atoms with Crippen molar-refractivity contribution in [2.75, 3.05) is 5.32 Å². The van der Waals surface area contributed by atoms with Crippen molar-refractivity contribution in [3.05, 3.63) is 58.6 Å². The van der Waals surface area contributed by atoms with Gasteiger partial charge >= 0.3 is 0 Å². The van der Waals surface area contributed by atoms with E-state index in [1.54, 1.807) is 37.3 Å². The third-order valence-corrected chi connectivity index (χ3v) is 5.65. The number of anilines is 1. The summed E-state index contributed by atoms with van der Waals surface area (Å²) in [4.78, 5) is 12.5. The van der Waals surface area contributed by atoms with Crippen molar-refractivity contribution in [3.8, 4) is 0 Å². The number of hydrogen-bond acceptors (Lipinski definition) is 3. The lowest BCUT2D eigenvalue weighted by Crippen LogP contribution is -2.32. The smallest absolute Gasteiger partial charge is 0.255 e. The van der Waals surface area contributed by atoms with Crippen LogP contribution < -0.4 is 10.0 Å². The van der Waals surface area contributed by atoms with Crippen LogP contribution in [0.3, 0.4) is 0 Å². The van der Waals surface area contributed by atoms with Gasteiger partial charge in [-0.3, -0.25) is 4.79 Å². The van der Waals surface area contributed by atoms with Crippen molar-refractivity contribution < 1.29 is 13.2 Å². The molecule has 5 nitrogen and oxygen atoms in total. The molecule has 134 valence electrons. The van der Waals surface area contributed by atoms with Gasteiger partial charge in [-0.15, -0.1) is 0 Å². The van der Waals surface area contributed by atoms with Gasteiger partial charge in [0.15, 0.2) is 0 Å². The minimum Gasteiger partial charge on any atom is -0.322 e. The number of benzene rings is 2.